The second-order valence-corrected chi connectivity index (χ2v) is 4.70. The molecule has 1 N–H and O–H groups in total. The van der Waals surface area contributed by atoms with Crippen molar-refractivity contribution in [3.05, 3.63) is 58.8 Å². The van der Waals surface area contributed by atoms with E-state index in [1.165, 1.54) is 6.92 Å². The third-order valence-electron chi connectivity index (χ3n) is 2.96. The number of pyridine rings is 1. The predicted octanol–water partition coefficient (Wildman–Crippen LogP) is 3.97. The number of anilines is 1. The number of carbonyl (C=O) groups is 1. The molecule has 0 aliphatic rings. The van der Waals surface area contributed by atoms with Gasteiger partial charge in [-0.1, -0.05) is 17.7 Å². The highest BCUT2D eigenvalue weighted by Gasteiger charge is 2.33. The third-order valence-corrected chi connectivity index (χ3v) is 2.96. The molecule has 2 aromatic rings. The van der Waals surface area contributed by atoms with Gasteiger partial charge in [-0.05, 0) is 37.6 Å². The van der Waals surface area contributed by atoms with Crippen molar-refractivity contribution < 1.29 is 18.0 Å². The first kappa shape index (κ1) is 15.0. The monoisotopic (exact) mass is 294 g/mol. The van der Waals surface area contributed by atoms with Gasteiger partial charge in [-0.25, -0.2) is 4.98 Å². The summed E-state index contributed by atoms with van der Waals surface area (Å²) in [5.41, 5.74) is 0.545. The van der Waals surface area contributed by atoms with E-state index in [1.54, 1.807) is 24.3 Å². The van der Waals surface area contributed by atoms with E-state index in [0.717, 1.165) is 17.8 Å². The van der Waals surface area contributed by atoms with Crippen LogP contribution in [0.15, 0.2) is 36.5 Å². The first-order chi connectivity index (χ1) is 9.77. The van der Waals surface area contributed by atoms with Crippen molar-refractivity contribution in [2.75, 3.05) is 5.32 Å². The van der Waals surface area contributed by atoms with Gasteiger partial charge in [0.2, 0.25) is 0 Å². The minimum absolute atomic E-state index is 0.0100. The van der Waals surface area contributed by atoms with E-state index in [-0.39, 0.29) is 11.4 Å². The number of aromatic nitrogens is 1. The molecule has 0 unspecified atom stereocenters. The standard InChI is InChI=1S/C15H13F3N2O/c1-9-3-5-11(6-4-9)14(21)20-13-7-12(15(16,17)18)10(2)8-19-13/h3-8H,1-2H3,(H,19,20,21). The lowest BCUT2D eigenvalue weighted by atomic mass is 10.1. The molecule has 3 nitrogen and oxygen atoms in total. The fourth-order valence-corrected chi connectivity index (χ4v) is 1.79. The van der Waals surface area contributed by atoms with Crippen LogP contribution in [0, 0.1) is 13.8 Å². The summed E-state index contributed by atoms with van der Waals surface area (Å²) < 4.78 is 38.4. The van der Waals surface area contributed by atoms with Crippen LogP contribution in [-0.2, 0) is 6.18 Å². The van der Waals surface area contributed by atoms with Gasteiger partial charge in [-0.3, -0.25) is 4.79 Å². The number of nitrogens with one attached hydrogen (secondary N) is 1. The Kier molecular flexibility index (Phi) is 3.97. The van der Waals surface area contributed by atoms with Gasteiger partial charge < -0.3 is 5.32 Å². The molecule has 0 aliphatic heterocycles. The van der Waals surface area contributed by atoms with Crippen LogP contribution in [0.3, 0.4) is 0 Å². The fraction of sp³-hybridized carbons (Fsp3) is 0.200. The zero-order valence-electron chi connectivity index (χ0n) is 11.5. The molecule has 21 heavy (non-hydrogen) atoms. The van der Waals surface area contributed by atoms with E-state index in [1.807, 2.05) is 6.92 Å². The quantitative estimate of drug-likeness (QED) is 0.910. The van der Waals surface area contributed by atoms with Gasteiger partial charge in [0.15, 0.2) is 0 Å². The Morgan fingerprint density at radius 1 is 1.14 bits per heavy atom. The zero-order valence-corrected chi connectivity index (χ0v) is 11.5. The highest BCUT2D eigenvalue weighted by Crippen LogP contribution is 2.32. The number of nitrogens with zero attached hydrogens (tertiary/aromatic N) is 1. The molecule has 1 amide bonds. The van der Waals surface area contributed by atoms with Gasteiger partial charge in [0.05, 0.1) is 5.56 Å². The van der Waals surface area contributed by atoms with E-state index in [2.05, 4.69) is 10.3 Å². The normalized spacial score (nSPS) is 11.3. The summed E-state index contributed by atoms with van der Waals surface area (Å²) >= 11 is 0. The highest BCUT2D eigenvalue weighted by molar-refractivity contribution is 6.03. The Labute approximate surface area is 119 Å². The van der Waals surface area contributed by atoms with Crippen LogP contribution in [0.1, 0.15) is 27.0 Å². The second kappa shape index (κ2) is 5.55. The number of hydrogen-bond acceptors (Lipinski definition) is 2. The number of rotatable bonds is 2. The number of amides is 1. The van der Waals surface area contributed by atoms with Crippen molar-refractivity contribution in [2.24, 2.45) is 0 Å². The fourth-order valence-electron chi connectivity index (χ4n) is 1.79. The lowest BCUT2D eigenvalue weighted by molar-refractivity contribution is -0.138. The molecular formula is C15H13F3N2O. The van der Waals surface area contributed by atoms with Crippen LogP contribution in [0.25, 0.3) is 0 Å². The summed E-state index contributed by atoms with van der Waals surface area (Å²) in [6, 6.07) is 7.53. The highest BCUT2D eigenvalue weighted by atomic mass is 19.4. The Morgan fingerprint density at radius 2 is 1.76 bits per heavy atom. The molecule has 0 atom stereocenters. The summed E-state index contributed by atoms with van der Waals surface area (Å²) in [5, 5.41) is 2.37. The van der Waals surface area contributed by atoms with Crippen molar-refractivity contribution in [3.63, 3.8) is 0 Å². The maximum Gasteiger partial charge on any atom is 0.416 e. The molecule has 6 heteroatoms. The van der Waals surface area contributed by atoms with Crippen LogP contribution in [0.2, 0.25) is 0 Å². The van der Waals surface area contributed by atoms with Crippen LogP contribution in [0.4, 0.5) is 19.0 Å². The molecule has 0 saturated carbocycles. The summed E-state index contributed by atoms with van der Waals surface area (Å²) in [6.45, 7) is 3.19. The average molecular weight is 294 g/mol. The Balaban J connectivity index is 2.24. The topological polar surface area (TPSA) is 42.0 Å². The lowest BCUT2D eigenvalue weighted by Crippen LogP contribution is -2.15. The maximum absolute atomic E-state index is 12.8. The van der Waals surface area contributed by atoms with E-state index in [0.29, 0.717) is 5.56 Å². The van der Waals surface area contributed by atoms with E-state index in [4.69, 9.17) is 0 Å². The van der Waals surface area contributed by atoms with Gasteiger partial charge in [-0.15, -0.1) is 0 Å². The smallest absolute Gasteiger partial charge is 0.307 e. The van der Waals surface area contributed by atoms with Crippen molar-refractivity contribution in [3.8, 4) is 0 Å². The van der Waals surface area contributed by atoms with Crippen LogP contribution < -0.4 is 5.32 Å². The van der Waals surface area contributed by atoms with Crippen molar-refractivity contribution in [1.29, 1.82) is 0 Å². The first-order valence-electron chi connectivity index (χ1n) is 6.19. The number of benzene rings is 1. The van der Waals surface area contributed by atoms with Crippen LogP contribution in [0.5, 0.6) is 0 Å². The van der Waals surface area contributed by atoms with Gasteiger partial charge in [0.25, 0.3) is 5.91 Å². The predicted molar refractivity (Wildman–Crippen MR) is 73.1 cm³/mol. The molecule has 0 saturated heterocycles. The van der Waals surface area contributed by atoms with E-state index >= 15 is 0 Å². The molecule has 1 aromatic carbocycles. The Hall–Kier alpha value is -2.37. The van der Waals surface area contributed by atoms with Crippen molar-refractivity contribution in [2.45, 2.75) is 20.0 Å². The molecule has 2 rings (SSSR count). The molecule has 1 heterocycles. The molecule has 1 aromatic heterocycles. The molecule has 0 fully saturated rings. The molecule has 0 bridgehead atoms. The van der Waals surface area contributed by atoms with Crippen molar-refractivity contribution >= 4 is 11.7 Å². The largest absolute Gasteiger partial charge is 0.416 e. The molecular weight excluding hydrogens is 281 g/mol. The summed E-state index contributed by atoms with van der Waals surface area (Å²) in [4.78, 5) is 15.7. The number of halogens is 3. The maximum atomic E-state index is 12.8. The molecule has 0 aliphatic carbocycles. The van der Waals surface area contributed by atoms with E-state index < -0.39 is 17.6 Å². The number of alkyl halides is 3. The van der Waals surface area contributed by atoms with E-state index in [9.17, 15) is 18.0 Å². The number of carbonyl (C=O) groups excluding carboxylic acids is 1. The summed E-state index contributed by atoms with van der Waals surface area (Å²) in [6.07, 6.45) is -3.38. The van der Waals surface area contributed by atoms with Gasteiger partial charge in [0.1, 0.15) is 5.82 Å². The summed E-state index contributed by atoms with van der Waals surface area (Å²) in [7, 11) is 0. The zero-order chi connectivity index (χ0) is 15.6. The van der Waals surface area contributed by atoms with Crippen LogP contribution in [-0.4, -0.2) is 10.9 Å². The number of aryl methyl sites for hydroxylation is 2. The minimum atomic E-state index is -4.48. The van der Waals surface area contributed by atoms with Crippen molar-refractivity contribution in [1.82, 2.24) is 4.98 Å². The third kappa shape index (κ3) is 3.59. The molecule has 110 valence electrons. The number of hydrogen-bond donors (Lipinski definition) is 1. The van der Waals surface area contributed by atoms with Gasteiger partial charge in [0, 0.05) is 11.8 Å². The first-order valence-corrected chi connectivity index (χ1v) is 6.19. The average Bonchev–Trinajstić information content (AvgIpc) is 2.40. The van der Waals surface area contributed by atoms with Gasteiger partial charge >= 0.3 is 6.18 Å². The summed E-state index contributed by atoms with van der Waals surface area (Å²) in [5.74, 6) is -0.627. The Morgan fingerprint density at radius 3 is 2.33 bits per heavy atom. The molecule has 0 radical (unpaired) electrons. The van der Waals surface area contributed by atoms with Crippen LogP contribution >= 0.6 is 0 Å². The second-order valence-electron chi connectivity index (χ2n) is 4.70. The molecule has 0 spiro atoms. The SMILES string of the molecule is Cc1ccc(C(=O)Nc2cc(C(F)(F)F)c(C)cn2)cc1. The Bertz CT molecular complexity index is 664. The van der Waals surface area contributed by atoms with Gasteiger partial charge in [-0.2, -0.15) is 13.2 Å². The lowest BCUT2D eigenvalue weighted by Gasteiger charge is -2.12. The minimum Gasteiger partial charge on any atom is -0.307 e.